The van der Waals surface area contributed by atoms with Gasteiger partial charge in [0.15, 0.2) is 0 Å². The van der Waals surface area contributed by atoms with E-state index in [4.69, 9.17) is 4.74 Å². The number of hydrogen-bond donors (Lipinski definition) is 0. The standard InChI is InChI=1S/C55H35NOS2/c1-4-14-36(15-5-1)37-24-26-38(27-25-37)55(46-21-11-10-20-45(46)53-47(55)32-33-50-54(53)57-48-22-12-13-23-49(48)58-50)39-28-30-43-44-31-29-42(35-52(44)59-51(43)34-39)56(40-16-6-2-7-17-40)41-18-8-3-9-19-41/h1-35H. The molecule has 4 heteroatoms. The minimum Gasteiger partial charge on any atom is -0.454 e. The molecule has 0 N–H and O–H groups in total. The van der Waals surface area contributed by atoms with Gasteiger partial charge in [0.1, 0.15) is 11.5 Å². The summed E-state index contributed by atoms with van der Waals surface area (Å²) in [6.07, 6.45) is 0. The summed E-state index contributed by atoms with van der Waals surface area (Å²) >= 11 is 3.67. The Hall–Kier alpha value is -6.85. The number of rotatable bonds is 6. The number of anilines is 3. The maximum atomic E-state index is 6.90. The second kappa shape index (κ2) is 13.6. The van der Waals surface area contributed by atoms with E-state index in [1.807, 2.05) is 11.3 Å². The third kappa shape index (κ3) is 5.34. The lowest BCUT2D eigenvalue weighted by atomic mass is 9.67. The molecule has 0 spiro atoms. The molecule has 278 valence electrons. The molecule has 1 unspecified atom stereocenters. The maximum Gasteiger partial charge on any atom is 0.149 e. The first-order valence-corrected chi connectivity index (χ1v) is 21.6. The maximum absolute atomic E-state index is 6.90. The summed E-state index contributed by atoms with van der Waals surface area (Å²) in [4.78, 5) is 4.63. The highest BCUT2D eigenvalue weighted by molar-refractivity contribution is 7.99. The van der Waals surface area contributed by atoms with Crippen LogP contribution in [0.4, 0.5) is 17.1 Å². The molecule has 0 amide bonds. The second-order valence-corrected chi connectivity index (χ2v) is 17.4. The summed E-state index contributed by atoms with van der Waals surface area (Å²) in [6.45, 7) is 0. The second-order valence-electron chi connectivity index (χ2n) is 15.2. The molecular formula is C55H35NOS2. The summed E-state index contributed by atoms with van der Waals surface area (Å²) in [5.41, 5.74) is 12.6. The summed E-state index contributed by atoms with van der Waals surface area (Å²) in [5.74, 6) is 1.85. The van der Waals surface area contributed by atoms with Crippen molar-refractivity contribution in [1.82, 2.24) is 0 Å². The lowest BCUT2D eigenvalue weighted by Crippen LogP contribution is -2.28. The highest BCUT2D eigenvalue weighted by Gasteiger charge is 2.48. The molecule has 2 heterocycles. The van der Waals surface area contributed by atoms with Gasteiger partial charge in [0.05, 0.1) is 15.2 Å². The van der Waals surface area contributed by atoms with Crippen LogP contribution in [0.2, 0.25) is 0 Å². The third-order valence-electron chi connectivity index (χ3n) is 12.0. The van der Waals surface area contributed by atoms with E-state index >= 15 is 0 Å². The zero-order valence-corrected chi connectivity index (χ0v) is 33.5. The summed E-state index contributed by atoms with van der Waals surface area (Å²) < 4.78 is 9.43. The Morgan fingerprint density at radius 1 is 0.424 bits per heavy atom. The molecule has 1 aliphatic carbocycles. The summed E-state index contributed by atoms with van der Waals surface area (Å²) in [5, 5.41) is 2.54. The number of benzene rings is 9. The number of fused-ring (bicyclic) bond motifs is 9. The van der Waals surface area contributed by atoms with Gasteiger partial charge < -0.3 is 9.64 Å². The quantitative estimate of drug-likeness (QED) is 0.166. The molecule has 1 aliphatic heterocycles. The average molecular weight is 790 g/mol. The Morgan fingerprint density at radius 2 is 1.03 bits per heavy atom. The van der Waals surface area contributed by atoms with Crippen LogP contribution >= 0.6 is 23.1 Å². The molecule has 2 nitrogen and oxygen atoms in total. The van der Waals surface area contributed by atoms with Crippen molar-refractivity contribution in [3.8, 4) is 33.8 Å². The van der Waals surface area contributed by atoms with Crippen molar-refractivity contribution in [2.75, 3.05) is 4.90 Å². The van der Waals surface area contributed by atoms with Crippen LogP contribution in [-0.2, 0) is 5.41 Å². The van der Waals surface area contributed by atoms with E-state index in [-0.39, 0.29) is 0 Å². The minimum absolute atomic E-state index is 0.589. The molecule has 59 heavy (non-hydrogen) atoms. The molecular weight excluding hydrogens is 755 g/mol. The Bertz CT molecular complexity index is 3170. The first-order chi connectivity index (χ1) is 29.2. The third-order valence-corrected chi connectivity index (χ3v) is 14.2. The van der Waals surface area contributed by atoms with Gasteiger partial charge in [0.25, 0.3) is 0 Å². The predicted octanol–water partition coefficient (Wildman–Crippen LogP) is 15.8. The molecule has 9 aromatic carbocycles. The molecule has 0 bridgehead atoms. The van der Waals surface area contributed by atoms with Gasteiger partial charge in [-0.2, -0.15) is 0 Å². The first kappa shape index (κ1) is 34.2. The van der Waals surface area contributed by atoms with Crippen molar-refractivity contribution in [1.29, 1.82) is 0 Å². The van der Waals surface area contributed by atoms with Crippen LogP contribution < -0.4 is 9.64 Å². The van der Waals surface area contributed by atoms with E-state index in [0.29, 0.717) is 0 Å². The fourth-order valence-corrected chi connectivity index (χ4v) is 11.6. The van der Waals surface area contributed by atoms with Crippen LogP contribution in [0.25, 0.3) is 42.4 Å². The molecule has 0 saturated carbocycles. The van der Waals surface area contributed by atoms with Crippen LogP contribution in [0.15, 0.2) is 222 Å². The Balaban J connectivity index is 1.07. The van der Waals surface area contributed by atoms with E-state index in [1.54, 1.807) is 11.8 Å². The van der Waals surface area contributed by atoms with E-state index in [2.05, 4.69) is 217 Å². The lowest BCUT2D eigenvalue weighted by molar-refractivity contribution is 0.456. The molecule has 0 fully saturated rings. The van der Waals surface area contributed by atoms with Gasteiger partial charge in [-0.05, 0) is 99.6 Å². The van der Waals surface area contributed by atoms with Gasteiger partial charge in [-0.3, -0.25) is 0 Å². The molecule has 0 saturated heterocycles. The lowest BCUT2D eigenvalue weighted by Gasteiger charge is -2.34. The molecule has 0 radical (unpaired) electrons. The van der Waals surface area contributed by atoms with Crippen LogP contribution in [-0.4, -0.2) is 0 Å². The van der Waals surface area contributed by atoms with Gasteiger partial charge in [-0.1, -0.05) is 163 Å². The minimum atomic E-state index is -0.589. The Morgan fingerprint density at radius 3 is 1.80 bits per heavy atom. The smallest absolute Gasteiger partial charge is 0.149 e. The topological polar surface area (TPSA) is 12.5 Å². The van der Waals surface area contributed by atoms with Gasteiger partial charge in [0.2, 0.25) is 0 Å². The molecule has 1 aromatic heterocycles. The highest BCUT2D eigenvalue weighted by Crippen LogP contribution is 2.62. The molecule has 2 aliphatic rings. The van der Waals surface area contributed by atoms with E-state index in [9.17, 15) is 0 Å². The van der Waals surface area contributed by atoms with Crippen molar-refractivity contribution in [3.63, 3.8) is 0 Å². The van der Waals surface area contributed by atoms with Gasteiger partial charge >= 0.3 is 0 Å². The zero-order chi connectivity index (χ0) is 38.9. The molecule has 1 atom stereocenters. The monoisotopic (exact) mass is 789 g/mol. The van der Waals surface area contributed by atoms with Crippen molar-refractivity contribution in [2.24, 2.45) is 0 Å². The number of hydrogen-bond acceptors (Lipinski definition) is 4. The fourth-order valence-electron chi connectivity index (χ4n) is 9.42. The number of nitrogens with zero attached hydrogens (tertiary/aromatic N) is 1. The van der Waals surface area contributed by atoms with Crippen molar-refractivity contribution < 1.29 is 4.74 Å². The molecule has 12 rings (SSSR count). The van der Waals surface area contributed by atoms with E-state index in [0.717, 1.165) is 38.4 Å². The van der Waals surface area contributed by atoms with Crippen LogP contribution in [0.1, 0.15) is 22.3 Å². The van der Waals surface area contributed by atoms with Crippen LogP contribution in [0.3, 0.4) is 0 Å². The van der Waals surface area contributed by atoms with E-state index in [1.165, 1.54) is 64.7 Å². The predicted molar refractivity (Wildman–Crippen MR) is 247 cm³/mol. The highest BCUT2D eigenvalue weighted by atomic mass is 32.2. The van der Waals surface area contributed by atoms with Crippen LogP contribution in [0, 0.1) is 0 Å². The number of ether oxygens (including phenoxy) is 1. The Kier molecular flexibility index (Phi) is 7.90. The normalized spacial score (nSPS) is 14.9. The van der Waals surface area contributed by atoms with Gasteiger partial charge in [-0.25, -0.2) is 0 Å². The summed E-state index contributed by atoms with van der Waals surface area (Å²) in [7, 11) is 0. The van der Waals surface area contributed by atoms with Crippen LogP contribution in [0.5, 0.6) is 11.5 Å². The average Bonchev–Trinajstić information content (AvgIpc) is 3.83. The van der Waals surface area contributed by atoms with Crippen molar-refractivity contribution in [3.05, 3.63) is 235 Å². The number of para-hydroxylation sites is 3. The number of thiophene rings is 1. The zero-order valence-electron chi connectivity index (χ0n) is 31.9. The van der Waals surface area contributed by atoms with Gasteiger partial charge in [0, 0.05) is 42.8 Å². The fraction of sp³-hybridized carbons (Fsp3) is 0.0182. The van der Waals surface area contributed by atoms with Crippen molar-refractivity contribution >= 4 is 60.3 Å². The Labute approximate surface area is 351 Å². The van der Waals surface area contributed by atoms with E-state index < -0.39 is 5.41 Å². The van der Waals surface area contributed by atoms with Crippen molar-refractivity contribution in [2.45, 2.75) is 15.2 Å². The largest absolute Gasteiger partial charge is 0.454 e. The molecule has 10 aromatic rings. The first-order valence-electron chi connectivity index (χ1n) is 20.0. The summed E-state index contributed by atoms with van der Waals surface area (Å²) in [6, 6.07) is 77.4. The van der Waals surface area contributed by atoms with Gasteiger partial charge in [-0.15, -0.1) is 11.3 Å². The SMILES string of the molecule is c1ccc(-c2ccc(C3(c4ccc5c(c4)sc4cc(N(c6ccccc6)c6ccccc6)ccc45)c4ccccc4-c4c3ccc3c4Oc4ccccc4S3)cc2)cc1.